The van der Waals surface area contributed by atoms with Gasteiger partial charge in [-0.15, -0.1) is 0 Å². The van der Waals surface area contributed by atoms with Crippen molar-refractivity contribution < 1.29 is 20.4 Å². The van der Waals surface area contributed by atoms with Crippen LogP contribution in [0.2, 0.25) is 0 Å². The molecule has 0 rings (SSSR count). The van der Waals surface area contributed by atoms with E-state index in [1.54, 1.807) is 6.92 Å². The Morgan fingerprint density at radius 2 is 1.69 bits per heavy atom. The summed E-state index contributed by atoms with van der Waals surface area (Å²) in [5.41, 5.74) is 0. The summed E-state index contributed by atoms with van der Waals surface area (Å²) in [5, 5.41) is 37.2. The topological polar surface area (TPSA) is 80.9 Å². The molecule has 0 aliphatic carbocycles. The minimum atomic E-state index is -0.709. The number of rotatable bonds is 9. The molecule has 0 heterocycles. The first-order valence-corrected chi connectivity index (χ1v) is 6.01. The van der Waals surface area contributed by atoms with Crippen LogP contribution in [0.15, 0.2) is 0 Å². The standard InChI is InChI=1S/C12H25O4/c1-3-11(15)12(16)7-5-4-6-10(14)8-9(2)13/h5,9-16H,3-4,6-8H2,1-2H3. The zero-order chi connectivity index (χ0) is 12.6. The largest absolute Gasteiger partial charge is 0.393 e. The maximum Gasteiger partial charge on any atom is 0.0801 e. The Morgan fingerprint density at radius 1 is 1.06 bits per heavy atom. The third kappa shape index (κ3) is 8.05. The Bertz CT molecular complexity index is 161. The van der Waals surface area contributed by atoms with Crippen LogP contribution in [0.1, 0.15) is 46.0 Å². The summed E-state index contributed by atoms with van der Waals surface area (Å²) in [6, 6.07) is 0. The van der Waals surface area contributed by atoms with E-state index in [1.165, 1.54) is 0 Å². The summed E-state index contributed by atoms with van der Waals surface area (Å²) >= 11 is 0. The Labute approximate surface area is 97.9 Å². The highest BCUT2D eigenvalue weighted by atomic mass is 16.3. The molecular formula is C12H25O4. The van der Waals surface area contributed by atoms with Crippen LogP contribution in [0, 0.1) is 6.42 Å². The fourth-order valence-electron chi connectivity index (χ4n) is 1.54. The Balaban J connectivity index is 3.45. The molecule has 0 aromatic rings. The smallest absolute Gasteiger partial charge is 0.0801 e. The van der Waals surface area contributed by atoms with Crippen LogP contribution in [0.4, 0.5) is 0 Å². The highest BCUT2D eigenvalue weighted by molar-refractivity contribution is 4.76. The molecule has 97 valence electrons. The minimum Gasteiger partial charge on any atom is -0.393 e. The second-order valence-electron chi connectivity index (χ2n) is 4.38. The van der Waals surface area contributed by atoms with Gasteiger partial charge in [-0.3, -0.25) is 0 Å². The lowest BCUT2D eigenvalue weighted by molar-refractivity contribution is 0.0167. The van der Waals surface area contributed by atoms with Gasteiger partial charge in [0.2, 0.25) is 0 Å². The van der Waals surface area contributed by atoms with E-state index in [2.05, 4.69) is 0 Å². The molecule has 0 saturated carbocycles. The van der Waals surface area contributed by atoms with E-state index in [1.807, 2.05) is 13.3 Å². The number of hydrogen-bond donors (Lipinski definition) is 4. The molecule has 0 aromatic carbocycles. The molecule has 0 saturated heterocycles. The van der Waals surface area contributed by atoms with Crippen molar-refractivity contribution >= 4 is 0 Å². The van der Waals surface area contributed by atoms with Crippen molar-refractivity contribution in [3.8, 4) is 0 Å². The number of unbranched alkanes of at least 4 members (excludes halogenated alkanes) is 1. The normalized spacial score (nSPS) is 19.1. The van der Waals surface area contributed by atoms with Crippen molar-refractivity contribution in [3.63, 3.8) is 0 Å². The van der Waals surface area contributed by atoms with E-state index in [9.17, 15) is 15.3 Å². The van der Waals surface area contributed by atoms with Crippen molar-refractivity contribution in [1.82, 2.24) is 0 Å². The molecular weight excluding hydrogens is 208 g/mol. The second-order valence-corrected chi connectivity index (χ2v) is 4.38. The molecule has 16 heavy (non-hydrogen) atoms. The molecule has 4 atom stereocenters. The van der Waals surface area contributed by atoms with Crippen LogP contribution in [-0.2, 0) is 0 Å². The van der Waals surface area contributed by atoms with Gasteiger partial charge in [0, 0.05) is 0 Å². The monoisotopic (exact) mass is 233 g/mol. The Hall–Kier alpha value is -0.160. The van der Waals surface area contributed by atoms with Crippen LogP contribution >= 0.6 is 0 Å². The highest BCUT2D eigenvalue weighted by Crippen LogP contribution is 2.11. The van der Waals surface area contributed by atoms with E-state index in [0.29, 0.717) is 32.1 Å². The van der Waals surface area contributed by atoms with E-state index >= 15 is 0 Å². The van der Waals surface area contributed by atoms with Crippen LogP contribution in [-0.4, -0.2) is 44.8 Å². The lowest BCUT2D eigenvalue weighted by atomic mass is 10.0. The molecule has 0 aliphatic heterocycles. The van der Waals surface area contributed by atoms with Crippen LogP contribution < -0.4 is 0 Å². The first-order chi connectivity index (χ1) is 7.47. The maximum atomic E-state index is 9.45. The third-order valence-electron chi connectivity index (χ3n) is 2.59. The first-order valence-electron chi connectivity index (χ1n) is 6.01. The summed E-state index contributed by atoms with van der Waals surface area (Å²) in [7, 11) is 0. The van der Waals surface area contributed by atoms with Crippen LogP contribution in [0.5, 0.6) is 0 Å². The number of aliphatic hydroxyl groups is 4. The van der Waals surface area contributed by atoms with Gasteiger partial charge in [-0.2, -0.15) is 0 Å². The van der Waals surface area contributed by atoms with E-state index in [-0.39, 0.29) is 0 Å². The summed E-state index contributed by atoms with van der Waals surface area (Å²) in [6.45, 7) is 3.47. The van der Waals surface area contributed by atoms with Gasteiger partial charge in [0.25, 0.3) is 0 Å². The molecule has 0 spiro atoms. The molecule has 0 aromatic heterocycles. The Kier molecular flexibility index (Phi) is 8.84. The van der Waals surface area contributed by atoms with Crippen molar-refractivity contribution in [2.45, 2.75) is 70.4 Å². The molecule has 0 bridgehead atoms. The lowest BCUT2D eigenvalue weighted by Gasteiger charge is -2.16. The van der Waals surface area contributed by atoms with Crippen molar-refractivity contribution in [2.24, 2.45) is 0 Å². The van der Waals surface area contributed by atoms with Gasteiger partial charge in [0.15, 0.2) is 0 Å². The van der Waals surface area contributed by atoms with Crippen LogP contribution in [0.25, 0.3) is 0 Å². The SMILES string of the molecule is CCC(O)C(O)C[CH]CCC(O)CC(C)O. The molecule has 1 radical (unpaired) electrons. The highest BCUT2D eigenvalue weighted by Gasteiger charge is 2.14. The average molecular weight is 233 g/mol. The van der Waals surface area contributed by atoms with Gasteiger partial charge >= 0.3 is 0 Å². The summed E-state index contributed by atoms with van der Waals surface area (Å²) in [5.74, 6) is 0. The molecule has 0 amide bonds. The van der Waals surface area contributed by atoms with E-state index < -0.39 is 24.4 Å². The van der Waals surface area contributed by atoms with Gasteiger partial charge in [0.05, 0.1) is 24.4 Å². The number of hydrogen-bond acceptors (Lipinski definition) is 4. The average Bonchev–Trinajstić information content (AvgIpc) is 2.21. The zero-order valence-corrected chi connectivity index (χ0v) is 10.2. The zero-order valence-electron chi connectivity index (χ0n) is 10.2. The molecule has 4 unspecified atom stereocenters. The summed E-state index contributed by atoms with van der Waals surface area (Å²) in [6.07, 6.45) is 2.14. The van der Waals surface area contributed by atoms with Gasteiger partial charge in [-0.1, -0.05) is 6.92 Å². The van der Waals surface area contributed by atoms with Gasteiger partial charge in [0.1, 0.15) is 0 Å². The quantitative estimate of drug-likeness (QED) is 0.440. The first kappa shape index (κ1) is 15.8. The third-order valence-corrected chi connectivity index (χ3v) is 2.59. The fraction of sp³-hybridized carbons (Fsp3) is 0.917. The predicted molar refractivity (Wildman–Crippen MR) is 62.8 cm³/mol. The molecule has 4 nitrogen and oxygen atoms in total. The van der Waals surface area contributed by atoms with Gasteiger partial charge < -0.3 is 20.4 Å². The maximum absolute atomic E-state index is 9.45. The minimum absolute atomic E-state index is 0.383. The number of aliphatic hydroxyl groups excluding tert-OH is 4. The van der Waals surface area contributed by atoms with E-state index in [4.69, 9.17) is 5.11 Å². The molecule has 0 fully saturated rings. The van der Waals surface area contributed by atoms with Crippen molar-refractivity contribution in [3.05, 3.63) is 6.42 Å². The summed E-state index contributed by atoms with van der Waals surface area (Å²) < 4.78 is 0. The molecule has 4 N–H and O–H groups in total. The van der Waals surface area contributed by atoms with Gasteiger partial charge in [-0.05, 0) is 45.4 Å². The predicted octanol–water partition coefficient (Wildman–Crippen LogP) is 0.625. The van der Waals surface area contributed by atoms with Crippen molar-refractivity contribution in [1.29, 1.82) is 0 Å². The lowest BCUT2D eigenvalue weighted by Crippen LogP contribution is -2.25. The molecule has 0 aliphatic rings. The molecule has 4 heteroatoms. The summed E-state index contributed by atoms with van der Waals surface area (Å²) in [4.78, 5) is 0. The van der Waals surface area contributed by atoms with Gasteiger partial charge in [-0.25, -0.2) is 0 Å². The fourth-order valence-corrected chi connectivity index (χ4v) is 1.54. The van der Waals surface area contributed by atoms with Crippen LogP contribution in [0.3, 0.4) is 0 Å². The second kappa shape index (κ2) is 8.93. The Morgan fingerprint density at radius 3 is 2.19 bits per heavy atom. The van der Waals surface area contributed by atoms with E-state index in [0.717, 1.165) is 0 Å². The van der Waals surface area contributed by atoms with Crippen molar-refractivity contribution in [2.75, 3.05) is 0 Å².